The van der Waals surface area contributed by atoms with Gasteiger partial charge in [0.05, 0.1) is 24.1 Å². The number of thioether (sulfide) groups is 1. The van der Waals surface area contributed by atoms with Crippen LogP contribution in [0.4, 0.5) is 29.1 Å². The van der Waals surface area contributed by atoms with Gasteiger partial charge < -0.3 is 9.64 Å². The molecule has 1 aromatic carbocycles. The van der Waals surface area contributed by atoms with Gasteiger partial charge in [0.1, 0.15) is 10.7 Å². The number of anilines is 1. The molecule has 2 heterocycles. The third-order valence-electron chi connectivity index (χ3n) is 4.79. The molecule has 1 fully saturated rings. The summed E-state index contributed by atoms with van der Waals surface area (Å²) in [5.41, 5.74) is -1.94. The third-order valence-corrected chi connectivity index (χ3v) is 7.23. The lowest BCUT2D eigenvalue weighted by Gasteiger charge is -2.34. The molecule has 182 valence electrons. The van der Waals surface area contributed by atoms with Crippen LogP contribution in [0.15, 0.2) is 34.3 Å². The molecule has 0 saturated carbocycles. The molecule has 1 saturated heterocycles. The van der Waals surface area contributed by atoms with E-state index < -0.39 is 73.4 Å². The first-order chi connectivity index (χ1) is 15.9. The minimum atomic E-state index is -4.86. The van der Waals surface area contributed by atoms with Gasteiger partial charge in [0.15, 0.2) is 17.0 Å². The highest BCUT2D eigenvalue weighted by molar-refractivity contribution is 7.98. The second-order valence-corrected chi connectivity index (χ2v) is 9.63. The van der Waals surface area contributed by atoms with Crippen molar-refractivity contribution in [1.29, 1.82) is 5.26 Å². The van der Waals surface area contributed by atoms with Crippen molar-refractivity contribution < 1.29 is 35.6 Å². The monoisotopic (exact) mass is 521 g/mol. The summed E-state index contributed by atoms with van der Waals surface area (Å²) in [5, 5.41) is 19.1. The maximum Gasteiger partial charge on any atom is 0.416 e. The zero-order valence-electron chi connectivity index (χ0n) is 17.2. The summed E-state index contributed by atoms with van der Waals surface area (Å²) in [4.78, 5) is 18.7. The van der Waals surface area contributed by atoms with E-state index in [0.717, 1.165) is 28.8 Å². The van der Waals surface area contributed by atoms with E-state index >= 15 is 0 Å². The molecule has 2 unspecified atom stereocenters. The molecule has 3 rings (SSSR count). The molecule has 2 aromatic rings. The van der Waals surface area contributed by atoms with E-state index in [4.69, 9.17) is 4.74 Å². The summed E-state index contributed by atoms with van der Waals surface area (Å²) < 4.78 is 84.7. The van der Waals surface area contributed by atoms with Gasteiger partial charge in [-0.05, 0) is 18.4 Å². The highest BCUT2D eigenvalue weighted by atomic mass is 32.2. The molecule has 0 N–H and O–H groups in total. The molecular weight excluding hydrogens is 506 g/mol. The number of aromatic nitrogens is 2. The Bertz CT molecular complexity index is 1250. The molecule has 2 atom stereocenters. The molecule has 34 heavy (non-hydrogen) atoms. The van der Waals surface area contributed by atoms with Gasteiger partial charge >= 0.3 is 11.9 Å². The van der Waals surface area contributed by atoms with E-state index in [-0.39, 0.29) is 11.7 Å². The van der Waals surface area contributed by atoms with Gasteiger partial charge in [0.2, 0.25) is 20.9 Å². The third kappa shape index (κ3) is 4.91. The highest BCUT2D eigenvalue weighted by Crippen LogP contribution is 2.40. The Morgan fingerprint density at radius 3 is 2.59 bits per heavy atom. The molecule has 1 aromatic heterocycles. The van der Waals surface area contributed by atoms with Crippen molar-refractivity contribution in [3.05, 3.63) is 45.9 Å². The van der Waals surface area contributed by atoms with Gasteiger partial charge in [-0.1, -0.05) is 23.9 Å². The largest absolute Gasteiger partial charge is 0.416 e. The normalized spacial score (nSPS) is 17.8. The smallest absolute Gasteiger partial charge is 0.365 e. The number of benzene rings is 1. The van der Waals surface area contributed by atoms with Crippen LogP contribution in [0.5, 0.6) is 0 Å². The fourth-order valence-electron chi connectivity index (χ4n) is 3.23. The Kier molecular flexibility index (Phi) is 7.29. The lowest BCUT2D eigenvalue weighted by atomic mass is 10.2. The molecule has 10 nitrogen and oxygen atoms in total. The number of rotatable bonds is 6. The maximum absolute atomic E-state index is 14.2. The van der Waals surface area contributed by atoms with E-state index in [9.17, 15) is 41.4 Å². The minimum absolute atomic E-state index is 0.227. The number of morpholine rings is 1. The lowest BCUT2D eigenvalue weighted by Crippen LogP contribution is -2.49. The summed E-state index contributed by atoms with van der Waals surface area (Å²) in [7, 11) is -4.86. The van der Waals surface area contributed by atoms with E-state index in [1.807, 2.05) is 0 Å². The molecule has 16 heteroatoms. The predicted molar refractivity (Wildman–Crippen MR) is 110 cm³/mol. The molecule has 0 radical (unpaired) electrons. The summed E-state index contributed by atoms with van der Waals surface area (Å²) >= 11 is 0.822. The zero-order valence-corrected chi connectivity index (χ0v) is 18.8. The minimum Gasteiger partial charge on any atom is -0.365 e. The SMILES string of the molecule is CSc1nc(C(C#N)S(=O)(=O)c2ccccc2F)c([N+](=O)[O-])c(N2CCOC(C(F)(F)F)C2)n1. The molecule has 1 aliphatic rings. The molecule has 0 aliphatic carbocycles. The molecule has 0 amide bonds. The van der Waals surface area contributed by atoms with Crippen LogP contribution in [0.2, 0.25) is 0 Å². The first-order valence-electron chi connectivity index (χ1n) is 9.33. The topological polar surface area (TPSA) is 139 Å². The van der Waals surface area contributed by atoms with Crippen molar-refractivity contribution in [2.75, 3.05) is 30.9 Å². The van der Waals surface area contributed by atoms with Crippen LogP contribution in [-0.2, 0) is 14.6 Å². The van der Waals surface area contributed by atoms with Crippen molar-refractivity contribution in [1.82, 2.24) is 9.97 Å². The Labute approximate surface area is 194 Å². The number of hydrogen-bond donors (Lipinski definition) is 0. The summed E-state index contributed by atoms with van der Waals surface area (Å²) in [6, 6.07) is 5.54. The Morgan fingerprint density at radius 1 is 1.35 bits per heavy atom. The van der Waals surface area contributed by atoms with Gasteiger partial charge in [-0.15, -0.1) is 0 Å². The zero-order chi connectivity index (χ0) is 25.3. The van der Waals surface area contributed by atoms with E-state index in [0.29, 0.717) is 0 Å². The Morgan fingerprint density at radius 2 is 2.03 bits per heavy atom. The molecule has 0 spiro atoms. The fourth-order valence-corrected chi connectivity index (χ4v) is 5.05. The van der Waals surface area contributed by atoms with Crippen molar-refractivity contribution >= 4 is 33.1 Å². The highest BCUT2D eigenvalue weighted by Gasteiger charge is 2.46. The average molecular weight is 521 g/mol. The molecular formula is C18H15F4N5O5S2. The molecule has 1 aliphatic heterocycles. The van der Waals surface area contributed by atoms with Gasteiger partial charge in [-0.3, -0.25) is 10.1 Å². The fraction of sp³-hybridized carbons (Fsp3) is 0.389. The Balaban J connectivity index is 2.23. The number of nitrogens with zero attached hydrogens (tertiary/aromatic N) is 5. The van der Waals surface area contributed by atoms with Crippen LogP contribution in [0.1, 0.15) is 10.9 Å². The van der Waals surface area contributed by atoms with Crippen LogP contribution < -0.4 is 4.90 Å². The van der Waals surface area contributed by atoms with Gasteiger partial charge in [0.25, 0.3) is 0 Å². The van der Waals surface area contributed by atoms with Crippen LogP contribution in [0.3, 0.4) is 0 Å². The second-order valence-electron chi connectivity index (χ2n) is 6.86. The van der Waals surface area contributed by atoms with E-state index in [2.05, 4.69) is 9.97 Å². The van der Waals surface area contributed by atoms with Gasteiger partial charge in [-0.2, -0.15) is 23.4 Å². The number of nitro groups is 1. The number of nitriles is 1. The van der Waals surface area contributed by atoms with Crippen LogP contribution in [-0.4, -0.2) is 61.5 Å². The van der Waals surface area contributed by atoms with Gasteiger partial charge in [-0.25, -0.2) is 17.8 Å². The quantitative estimate of drug-likeness (QED) is 0.183. The average Bonchev–Trinajstić information content (AvgIpc) is 2.78. The number of halogens is 4. The maximum atomic E-state index is 14.2. The van der Waals surface area contributed by atoms with Crippen LogP contribution in [0.25, 0.3) is 0 Å². The Hall–Kier alpha value is -3.03. The predicted octanol–water partition coefficient (Wildman–Crippen LogP) is 3.05. The van der Waals surface area contributed by atoms with Crippen molar-refractivity contribution in [2.45, 2.75) is 27.6 Å². The van der Waals surface area contributed by atoms with Crippen molar-refractivity contribution in [2.24, 2.45) is 0 Å². The van der Waals surface area contributed by atoms with Crippen molar-refractivity contribution in [3.63, 3.8) is 0 Å². The summed E-state index contributed by atoms with van der Waals surface area (Å²) in [6.45, 7) is -1.52. The summed E-state index contributed by atoms with van der Waals surface area (Å²) in [6.07, 6.45) is -5.60. The number of alkyl halides is 3. The van der Waals surface area contributed by atoms with Crippen molar-refractivity contribution in [3.8, 4) is 6.07 Å². The van der Waals surface area contributed by atoms with Crippen LogP contribution in [0, 0.1) is 27.3 Å². The summed E-state index contributed by atoms with van der Waals surface area (Å²) in [5.74, 6) is -1.79. The first-order valence-corrected chi connectivity index (χ1v) is 12.1. The standard InChI is InChI=1S/C18H15F4N5O5S2/c1-33-17-24-14(12(8-23)34(30,31)11-5-3-2-4-10(11)19)15(27(28)29)16(25-17)26-6-7-32-13(9-26)18(20,21)22/h2-5,12-13H,6-7,9H2,1H3. The number of hydrogen-bond acceptors (Lipinski definition) is 10. The lowest BCUT2D eigenvalue weighted by molar-refractivity contribution is -0.385. The first kappa shape index (κ1) is 25.6. The number of sulfone groups is 1. The second kappa shape index (κ2) is 9.68. The van der Waals surface area contributed by atoms with Gasteiger partial charge in [0, 0.05) is 6.54 Å². The van der Waals surface area contributed by atoms with E-state index in [1.54, 1.807) is 0 Å². The van der Waals surface area contributed by atoms with Crippen LogP contribution >= 0.6 is 11.8 Å². The van der Waals surface area contributed by atoms with E-state index in [1.165, 1.54) is 24.5 Å². The number of ether oxygens (including phenoxy) is 1. The molecule has 0 bridgehead atoms.